The van der Waals surface area contributed by atoms with Crippen LogP contribution >= 0.6 is 27.7 Å². The maximum Gasteiger partial charge on any atom is 0.172 e. The molecule has 0 amide bonds. The van der Waals surface area contributed by atoms with Crippen LogP contribution in [-0.2, 0) is 0 Å². The van der Waals surface area contributed by atoms with E-state index in [1.165, 1.54) is 32.1 Å². The van der Waals surface area contributed by atoms with Crippen molar-refractivity contribution < 1.29 is 9.53 Å². The summed E-state index contributed by atoms with van der Waals surface area (Å²) < 4.78 is 6.01. The Hall–Kier alpha value is -0.480. The van der Waals surface area contributed by atoms with Crippen molar-refractivity contribution in [2.45, 2.75) is 37.4 Å². The Kier molecular flexibility index (Phi) is 5.76. The number of carbonyl (C=O) groups is 1. The number of halogens is 1. The predicted molar refractivity (Wildman–Crippen MR) is 84.4 cm³/mol. The molecule has 2 rings (SSSR count). The van der Waals surface area contributed by atoms with Gasteiger partial charge in [-0.3, -0.25) is 4.79 Å². The molecule has 2 nitrogen and oxygen atoms in total. The third-order valence-electron chi connectivity index (χ3n) is 3.48. The number of thioether (sulfide) groups is 1. The molecular formula is C15H19BrO2S. The smallest absolute Gasteiger partial charge is 0.172 e. The van der Waals surface area contributed by atoms with Gasteiger partial charge in [-0.2, -0.15) is 11.8 Å². The van der Waals surface area contributed by atoms with E-state index in [4.69, 9.17) is 4.74 Å². The fourth-order valence-electron chi connectivity index (χ4n) is 2.35. The van der Waals surface area contributed by atoms with E-state index in [-0.39, 0.29) is 5.78 Å². The molecule has 0 radical (unpaired) electrons. The zero-order chi connectivity index (χ0) is 13.7. The normalized spacial score (nSPS) is 16.3. The Bertz CT molecular complexity index is 442. The molecule has 4 heteroatoms. The van der Waals surface area contributed by atoms with Crippen LogP contribution in [0.1, 0.15) is 42.5 Å². The Balaban J connectivity index is 1.90. The average molecular weight is 343 g/mol. The standard InChI is InChI=1S/C15H19BrO2S/c1-18-15-8-7-11(9-13(15)16)14(17)10-19-12-5-3-2-4-6-12/h7-9,12H,2-6,10H2,1H3. The lowest BCUT2D eigenvalue weighted by molar-refractivity contribution is 0.102. The van der Waals surface area contributed by atoms with Crippen LogP contribution in [-0.4, -0.2) is 23.9 Å². The van der Waals surface area contributed by atoms with Crippen molar-refractivity contribution in [2.75, 3.05) is 12.9 Å². The van der Waals surface area contributed by atoms with Gasteiger partial charge < -0.3 is 4.74 Å². The molecule has 1 saturated carbocycles. The predicted octanol–water partition coefficient (Wildman–Crippen LogP) is 4.71. The van der Waals surface area contributed by atoms with Gasteiger partial charge >= 0.3 is 0 Å². The molecule has 0 heterocycles. The first-order chi connectivity index (χ1) is 9.20. The third kappa shape index (κ3) is 4.25. The van der Waals surface area contributed by atoms with E-state index in [1.807, 2.05) is 30.0 Å². The van der Waals surface area contributed by atoms with Crippen molar-refractivity contribution in [2.24, 2.45) is 0 Å². The number of carbonyl (C=O) groups excluding carboxylic acids is 1. The number of benzene rings is 1. The first kappa shape index (κ1) is 14.9. The number of ketones is 1. The van der Waals surface area contributed by atoms with E-state index < -0.39 is 0 Å². The Morgan fingerprint density at radius 2 is 2.11 bits per heavy atom. The van der Waals surface area contributed by atoms with Crippen LogP contribution < -0.4 is 4.74 Å². The summed E-state index contributed by atoms with van der Waals surface area (Å²) in [6.07, 6.45) is 6.53. The molecular weight excluding hydrogens is 324 g/mol. The molecule has 0 aromatic heterocycles. The van der Waals surface area contributed by atoms with Crippen molar-refractivity contribution in [1.29, 1.82) is 0 Å². The van der Waals surface area contributed by atoms with Crippen molar-refractivity contribution in [3.8, 4) is 5.75 Å². The number of rotatable bonds is 5. The minimum atomic E-state index is 0.207. The van der Waals surface area contributed by atoms with Gasteiger partial charge in [0, 0.05) is 10.8 Å². The zero-order valence-electron chi connectivity index (χ0n) is 11.2. The Morgan fingerprint density at radius 1 is 1.37 bits per heavy atom. The average Bonchev–Trinajstić information content (AvgIpc) is 2.45. The van der Waals surface area contributed by atoms with Crippen LogP contribution in [0.25, 0.3) is 0 Å². The second-order valence-corrected chi connectivity index (χ2v) is 6.99. The minimum Gasteiger partial charge on any atom is -0.496 e. The molecule has 0 N–H and O–H groups in total. The summed E-state index contributed by atoms with van der Waals surface area (Å²) in [6, 6.07) is 5.53. The molecule has 1 fully saturated rings. The van der Waals surface area contributed by atoms with Gasteiger partial charge in [-0.05, 0) is 47.0 Å². The highest BCUT2D eigenvalue weighted by atomic mass is 79.9. The molecule has 0 aliphatic heterocycles. The van der Waals surface area contributed by atoms with Gasteiger partial charge in [-0.1, -0.05) is 19.3 Å². The maximum atomic E-state index is 12.2. The molecule has 19 heavy (non-hydrogen) atoms. The van der Waals surface area contributed by atoms with E-state index in [1.54, 1.807) is 7.11 Å². The fraction of sp³-hybridized carbons (Fsp3) is 0.533. The number of hydrogen-bond acceptors (Lipinski definition) is 3. The number of ether oxygens (including phenoxy) is 1. The fourth-order valence-corrected chi connectivity index (χ4v) is 4.11. The van der Waals surface area contributed by atoms with Gasteiger partial charge in [-0.15, -0.1) is 0 Å². The minimum absolute atomic E-state index is 0.207. The summed E-state index contributed by atoms with van der Waals surface area (Å²) in [5, 5.41) is 0.680. The Labute approximate surface area is 127 Å². The van der Waals surface area contributed by atoms with Crippen LogP contribution in [0.3, 0.4) is 0 Å². The number of methoxy groups -OCH3 is 1. The van der Waals surface area contributed by atoms with Gasteiger partial charge in [0.25, 0.3) is 0 Å². The summed E-state index contributed by atoms with van der Waals surface area (Å²) in [7, 11) is 1.63. The molecule has 0 unspecified atom stereocenters. The monoisotopic (exact) mass is 342 g/mol. The Morgan fingerprint density at radius 3 is 2.74 bits per heavy atom. The van der Waals surface area contributed by atoms with Crippen LogP contribution in [0.15, 0.2) is 22.7 Å². The lowest BCUT2D eigenvalue weighted by Crippen LogP contribution is -2.12. The lowest BCUT2D eigenvalue weighted by atomic mass is 10.0. The molecule has 0 bridgehead atoms. The molecule has 0 saturated heterocycles. The molecule has 1 aliphatic carbocycles. The first-order valence-corrected chi connectivity index (χ1v) is 8.53. The highest BCUT2D eigenvalue weighted by Gasteiger charge is 2.16. The quantitative estimate of drug-likeness (QED) is 0.725. The third-order valence-corrected chi connectivity index (χ3v) is 5.47. The SMILES string of the molecule is COc1ccc(C(=O)CSC2CCCCC2)cc1Br. The van der Waals surface area contributed by atoms with Crippen LogP contribution in [0, 0.1) is 0 Å². The summed E-state index contributed by atoms with van der Waals surface area (Å²) in [4.78, 5) is 12.2. The topological polar surface area (TPSA) is 26.3 Å². The van der Waals surface area contributed by atoms with Gasteiger partial charge in [-0.25, -0.2) is 0 Å². The van der Waals surface area contributed by atoms with Crippen molar-refractivity contribution >= 4 is 33.5 Å². The van der Waals surface area contributed by atoms with E-state index >= 15 is 0 Å². The van der Waals surface area contributed by atoms with Gasteiger partial charge in [0.2, 0.25) is 0 Å². The molecule has 1 aromatic carbocycles. The van der Waals surface area contributed by atoms with Crippen molar-refractivity contribution in [1.82, 2.24) is 0 Å². The highest BCUT2D eigenvalue weighted by Crippen LogP contribution is 2.30. The second-order valence-electron chi connectivity index (χ2n) is 4.84. The molecule has 1 aromatic rings. The van der Waals surface area contributed by atoms with Gasteiger partial charge in [0.05, 0.1) is 17.3 Å². The second kappa shape index (κ2) is 7.34. The number of Topliss-reactive ketones (excluding diaryl/α,β-unsaturated/α-hetero) is 1. The summed E-state index contributed by atoms with van der Waals surface area (Å²) in [6.45, 7) is 0. The molecule has 0 atom stereocenters. The van der Waals surface area contributed by atoms with Crippen molar-refractivity contribution in [3.05, 3.63) is 28.2 Å². The van der Waals surface area contributed by atoms with E-state index in [0.717, 1.165) is 15.8 Å². The van der Waals surface area contributed by atoms with E-state index in [0.29, 0.717) is 11.0 Å². The van der Waals surface area contributed by atoms with Crippen LogP contribution in [0.2, 0.25) is 0 Å². The van der Waals surface area contributed by atoms with Crippen LogP contribution in [0.4, 0.5) is 0 Å². The first-order valence-electron chi connectivity index (χ1n) is 6.69. The summed E-state index contributed by atoms with van der Waals surface area (Å²) in [5.41, 5.74) is 0.760. The van der Waals surface area contributed by atoms with Gasteiger partial charge in [0.1, 0.15) is 5.75 Å². The molecule has 104 valence electrons. The largest absolute Gasteiger partial charge is 0.496 e. The number of hydrogen-bond donors (Lipinski definition) is 0. The van der Waals surface area contributed by atoms with E-state index in [9.17, 15) is 4.79 Å². The summed E-state index contributed by atoms with van der Waals surface area (Å²) in [5.74, 6) is 1.55. The van der Waals surface area contributed by atoms with Crippen LogP contribution in [0.5, 0.6) is 5.75 Å². The van der Waals surface area contributed by atoms with E-state index in [2.05, 4.69) is 15.9 Å². The molecule has 1 aliphatic rings. The lowest BCUT2D eigenvalue weighted by Gasteiger charge is -2.20. The summed E-state index contributed by atoms with van der Waals surface area (Å²) >= 11 is 5.24. The van der Waals surface area contributed by atoms with Gasteiger partial charge in [0.15, 0.2) is 5.78 Å². The highest BCUT2D eigenvalue weighted by molar-refractivity contribution is 9.10. The van der Waals surface area contributed by atoms with Crippen molar-refractivity contribution in [3.63, 3.8) is 0 Å². The molecule has 0 spiro atoms. The maximum absolute atomic E-state index is 12.2. The zero-order valence-corrected chi connectivity index (χ0v) is 13.6.